The number of benzene rings is 3. The van der Waals surface area contributed by atoms with Gasteiger partial charge in [0, 0.05) is 0 Å². The van der Waals surface area contributed by atoms with E-state index in [0.29, 0.717) is 5.92 Å². The molecule has 2 atom stereocenters. The second kappa shape index (κ2) is 7.32. The van der Waals surface area contributed by atoms with Crippen LogP contribution in [0.4, 0.5) is 0 Å². The van der Waals surface area contributed by atoms with E-state index in [2.05, 4.69) is 99.0 Å². The zero-order chi connectivity index (χ0) is 18.9. The maximum Gasteiger partial charge on any atom is 0.0664 e. The van der Waals surface area contributed by atoms with Crippen LogP contribution in [0.15, 0.2) is 72.8 Å². The summed E-state index contributed by atoms with van der Waals surface area (Å²) >= 11 is 0. The van der Waals surface area contributed by atoms with Gasteiger partial charge in [-0.1, -0.05) is 72.8 Å². The number of nitrogens with one attached hydrogen (secondary N) is 1. The van der Waals surface area contributed by atoms with Crippen molar-refractivity contribution >= 4 is 0 Å². The van der Waals surface area contributed by atoms with E-state index in [1.54, 1.807) is 0 Å². The van der Waals surface area contributed by atoms with Gasteiger partial charge in [0.05, 0.1) is 5.54 Å². The van der Waals surface area contributed by atoms with Gasteiger partial charge in [0.15, 0.2) is 0 Å². The first-order valence-corrected chi connectivity index (χ1v) is 10.0. The van der Waals surface area contributed by atoms with Gasteiger partial charge in [0.25, 0.3) is 0 Å². The molecule has 0 bridgehead atoms. The number of fused-ring (bicyclic) bond motifs is 2. The van der Waals surface area contributed by atoms with Crippen LogP contribution in [0.25, 0.3) is 0 Å². The number of rotatable bonds is 4. The fourth-order valence-corrected chi connectivity index (χ4v) is 4.76. The predicted molar refractivity (Wildman–Crippen MR) is 114 cm³/mol. The maximum atomic E-state index is 3.64. The monoisotopic (exact) mass is 355 g/mol. The van der Waals surface area contributed by atoms with Crippen LogP contribution in [0.1, 0.15) is 52.6 Å². The lowest BCUT2D eigenvalue weighted by Gasteiger charge is -2.32. The van der Waals surface area contributed by atoms with Crippen molar-refractivity contribution in [3.05, 3.63) is 106 Å². The number of aryl methyl sites for hydroxylation is 2. The zero-order valence-electron chi connectivity index (χ0n) is 16.6. The van der Waals surface area contributed by atoms with Gasteiger partial charge in [-0.05, 0) is 79.5 Å². The van der Waals surface area contributed by atoms with Crippen molar-refractivity contribution in [2.24, 2.45) is 0 Å². The summed E-state index contributed by atoms with van der Waals surface area (Å²) in [5.74, 6) is 0.539. The van der Waals surface area contributed by atoms with Crippen molar-refractivity contribution in [2.75, 3.05) is 7.05 Å². The second-order valence-corrected chi connectivity index (χ2v) is 7.99. The van der Waals surface area contributed by atoms with Crippen molar-refractivity contribution in [3.63, 3.8) is 0 Å². The molecule has 0 saturated carbocycles. The van der Waals surface area contributed by atoms with Crippen LogP contribution >= 0.6 is 0 Å². The summed E-state index contributed by atoms with van der Waals surface area (Å²) in [4.78, 5) is 0. The standard InChI is InChI=1S/C26H29N/c1-19-10-4-5-11-20(19)16-17-21-18-22-12-6-8-14-24(22)26(2,27-3)25-15-9-7-13-23(21)25/h4-15,21,27H,16-18H2,1-3H3. The van der Waals surface area contributed by atoms with E-state index in [4.69, 9.17) is 0 Å². The van der Waals surface area contributed by atoms with Crippen LogP contribution in [-0.2, 0) is 18.4 Å². The minimum atomic E-state index is -0.148. The summed E-state index contributed by atoms with van der Waals surface area (Å²) in [5, 5.41) is 3.64. The Balaban J connectivity index is 1.77. The molecule has 4 rings (SSSR count). The van der Waals surface area contributed by atoms with Crippen molar-refractivity contribution in [3.8, 4) is 0 Å². The third-order valence-corrected chi connectivity index (χ3v) is 6.49. The molecule has 0 spiro atoms. The lowest BCUT2D eigenvalue weighted by atomic mass is 9.81. The minimum absolute atomic E-state index is 0.148. The third-order valence-electron chi connectivity index (χ3n) is 6.49. The van der Waals surface area contributed by atoms with E-state index in [9.17, 15) is 0 Å². The van der Waals surface area contributed by atoms with Crippen LogP contribution in [-0.4, -0.2) is 7.05 Å². The molecule has 3 aromatic rings. The highest BCUT2D eigenvalue weighted by Crippen LogP contribution is 2.42. The highest BCUT2D eigenvalue weighted by atomic mass is 14.9. The van der Waals surface area contributed by atoms with E-state index in [1.807, 2.05) is 0 Å². The van der Waals surface area contributed by atoms with Gasteiger partial charge in [-0.15, -0.1) is 0 Å². The van der Waals surface area contributed by atoms with Gasteiger partial charge in [-0.25, -0.2) is 0 Å². The molecule has 1 N–H and O–H groups in total. The molecule has 3 aromatic carbocycles. The fraction of sp³-hybridized carbons (Fsp3) is 0.308. The average Bonchev–Trinajstić information content (AvgIpc) is 2.81. The van der Waals surface area contributed by atoms with E-state index < -0.39 is 0 Å². The zero-order valence-corrected chi connectivity index (χ0v) is 16.6. The summed E-state index contributed by atoms with van der Waals surface area (Å²) in [5.41, 5.74) is 8.54. The summed E-state index contributed by atoms with van der Waals surface area (Å²) in [7, 11) is 2.08. The molecule has 138 valence electrons. The highest BCUT2D eigenvalue weighted by Gasteiger charge is 2.36. The van der Waals surface area contributed by atoms with Crippen LogP contribution in [0.2, 0.25) is 0 Å². The Hall–Kier alpha value is -2.38. The Morgan fingerprint density at radius 2 is 1.56 bits per heavy atom. The van der Waals surface area contributed by atoms with Gasteiger partial charge in [0.1, 0.15) is 0 Å². The number of hydrogen-bond donors (Lipinski definition) is 1. The topological polar surface area (TPSA) is 12.0 Å². The lowest BCUT2D eigenvalue weighted by Crippen LogP contribution is -2.38. The summed E-state index contributed by atoms with van der Waals surface area (Å²) < 4.78 is 0. The molecule has 0 heterocycles. The Morgan fingerprint density at radius 3 is 2.33 bits per heavy atom. The molecule has 27 heavy (non-hydrogen) atoms. The summed E-state index contributed by atoms with van der Waals surface area (Å²) in [6.07, 6.45) is 3.41. The molecule has 1 heteroatoms. The first-order valence-electron chi connectivity index (χ1n) is 10.0. The van der Waals surface area contributed by atoms with Crippen LogP contribution in [0.5, 0.6) is 0 Å². The molecule has 0 aromatic heterocycles. The largest absolute Gasteiger partial charge is 0.307 e. The van der Waals surface area contributed by atoms with E-state index in [1.165, 1.54) is 39.8 Å². The van der Waals surface area contributed by atoms with Crippen LogP contribution < -0.4 is 5.32 Å². The highest BCUT2D eigenvalue weighted by molar-refractivity contribution is 5.50. The van der Waals surface area contributed by atoms with Crippen LogP contribution in [0.3, 0.4) is 0 Å². The smallest absolute Gasteiger partial charge is 0.0664 e. The van der Waals surface area contributed by atoms with Crippen molar-refractivity contribution in [1.82, 2.24) is 5.32 Å². The van der Waals surface area contributed by atoms with Crippen molar-refractivity contribution < 1.29 is 0 Å². The van der Waals surface area contributed by atoms with Gasteiger partial charge in [-0.2, -0.15) is 0 Å². The first kappa shape index (κ1) is 18.0. The van der Waals surface area contributed by atoms with E-state index in [-0.39, 0.29) is 5.54 Å². The maximum absolute atomic E-state index is 3.64. The Bertz CT molecular complexity index is 942. The Kier molecular flexibility index (Phi) is 4.88. The number of hydrogen-bond acceptors (Lipinski definition) is 1. The molecule has 0 amide bonds. The van der Waals surface area contributed by atoms with Crippen molar-refractivity contribution in [1.29, 1.82) is 0 Å². The molecule has 0 radical (unpaired) electrons. The Morgan fingerprint density at radius 1 is 0.889 bits per heavy atom. The van der Waals surface area contributed by atoms with Gasteiger partial charge in [-0.3, -0.25) is 0 Å². The molecular weight excluding hydrogens is 326 g/mol. The van der Waals surface area contributed by atoms with Gasteiger partial charge in [0.2, 0.25) is 0 Å². The SMILES string of the molecule is CNC1(C)c2ccccc2CC(CCc2ccccc2C)c2ccccc21. The first-order chi connectivity index (χ1) is 13.1. The van der Waals surface area contributed by atoms with Gasteiger partial charge < -0.3 is 5.32 Å². The molecule has 1 nitrogen and oxygen atoms in total. The molecule has 0 saturated heterocycles. The second-order valence-electron chi connectivity index (χ2n) is 7.99. The summed E-state index contributed by atoms with van der Waals surface area (Å²) in [6.45, 7) is 4.55. The molecule has 2 unspecified atom stereocenters. The summed E-state index contributed by atoms with van der Waals surface area (Å²) in [6, 6.07) is 26.8. The molecule has 0 aliphatic heterocycles. The minimum Gasteiger partial charge on any atom is -0.307 e. The van der Waals surface area contributed by atoms with Crippen molar-refractivity contribution in [2.45, 2.75) is 44.6 Å². The quantitative estimate of drug-likeness (QED) is 0.628. The molecule has 1 aliphatic rings. The lowest BCUT2D eigenvalue weighted by molar-refractivity contribution is 0.481. The normalized spacial score (nSPS) is 21.2. The van der Waals surface area contributed by atoms with Gasteiger partial charge >= 0.3 is 0 Å². The average molecular weight is 356 g/mol. The van der Waals surface area contributed by atoms with E-state index >= 15 is 0 Å². The fourth-order valence-electron chi connectivity index (χ4n) is 4.76. The molecular formula is C26H29N. The predicted octanol–water partition coefficient (Wildman–Crippen LogP) is 5.75. The van der Waals surface area contributed by atoms with Crippen LogP contribution in [0, 0.1) is 6.92 Å². The molecule has 0 fully saturated rings. The Labute approximate surface area is 163 Å². The van der Waals surface area contributed by atoms with E-state index in [0.717, 1.165) is 12.8 Å². The molecule has 1 aliphatic carbocycles. The third kappa shape index (κ3) is 3.21.